The van der Waals surface area contributed by atoms with Crippen LogP contribution in [0.15, 0.2) is 12.4 Å². The van der Waals surface area contributed by atoms with Gasteiger partial charge in [-0.1, -0.05) is 13.8 Å². The van der Waals surface area contributed by atoms with Crippen LogP contribution in [0.4, 0.5) is 11.6 Å². The fourth-order valence-electron chi connectivity index (χ4n) is 1.48. The molecule has 0 aliphatic rings. The molecule has 13 heteroatoms. The Bertz CT molecular complexity index is 654. The molecule has 8 nitrogen and oxygen atoms in total. The first kappa shape index (κ1) is 28.2. The number of hydrogen-bond acceptors (Lipinski definition) is 8. The number of aliphatic hydroxyl groups is 1. The predicted molar refractivity (Wildman–Crippen MR) is 114 cm³/mol. The van der Waals surface area contributed by atoms with Crippen molar-refractivity contribution in [2.45, 2.75) is 39.2 Å². The van der Waals surface area contributed by atoms with Gasteiger partial charge in [0, 0.05) is 57.7 Å². The van der Waals surface area contributed by atoms with Gasteiger partial charge in [-0.2, -0.15) is 0 Å². The van der Waals surface area contributed by atoms with Crippen LogP contribution in [-0.2, 0) is 34.6 Å². The highest BCUT2D eigenvalue weighted by atomic mass is 36.0. The number of aliphatic hydroxyl groups excluding tert-OH is 1. The molecule has 0 aromatic carbocycles. The Hall–Kier alpha value is -0.970. The molecule has 0 aliphatic heterocycles. The lowest BCUT2D eigenvalue weighted by Crippen LogP contribution is -2.02. The van der Waals surface area contributed by atoms with Crippen LogP contribution in [0.1, 0.15) is 36.6 Å². The first-order valence-electron chi connectivity index (χ1n) is 7.40. The minimum absolute atomic E-state index is 0. The summed E-state index contributed by atoms with van der Waals surface area (Å²) in [4.78, 5) is 16.0. The molecule has 0 radical (unpaired) electrons. The van der Waals surface area contributed by atoms with Gasteiger partial charge < -0.3 is 16.6 Å². The van der Waals surface area contributed by atoms with Crippen LogP contribution in [0, 0.1) is 0 Å². The molecule has 0 spiro atoms. The maximum absolute atomic E-state index is 9.09. The third kappa shape index (κ3) is 12.2. The molecule has 0 saturated heterocycles. The topological polar surface area (TPSA) is 141 Å². The Morgan fingerprint density at radius 3 is 1.63 bits per heavy atom. The van der Waals surface area contributed by atoms with E-state index in [1.807, 2.05) is 13.8 Å². The summed E-state index contributed by atoms with van der Waals surface area (Å²) in [5, 5.41) is 8.72. The SMILES string of the molecule is CCc1ncc(CCl)c(N)n1.CCc1ncc(CO)c(N)n1.Cl.O=S(Cl)Cl. The fourth-order valence-corrected chi connectivity index (χ4v) is 1.69. The molecule has 0 bridgehead atoms. The second-order valence-corrected chi connectivity index (χ2v) is 7.37. The third-order valence-corrected chi connectivity index (χ3v) is 3.13. The maximum Gasteiger partial charge on any atom is 0.211 e. The predicted octanol–water partition coefficient (Wildman–Crippen LogP) is 2.94. The molecular formula is C14H22Cl4N6O2S. The van der Waals surface area contributed by atoms with Gasteiger partial charge in [0.25, 0.3) is 0 Å². The van der Waals surface area contributed by atoms with Gasteiger partial charge in [-0.25, -0.2) is 24.1 Å². The first-order valence-corrected chi connectivity index (χ1v) is 10.7. The number of nitrogen functional groups attached to an aromatic ring is 2. The van der Waals surface area contributed by atoms with Gasteiger partial charge in [0.2, 0.25) is 9.23 Å². The van der Waals surface area contributed by atoms with Gasteiger partial charge in [0.1, 0.15) is 23.3 Å². The van der Waals surface area contributed by atoms with Gasteiger partial charge in [-0.05, 0) is 0 Å². The Balaban J connectivity index is 0. The van der Waals surface area contributed by atoms with Crippen molar-refractivity contribution in [2.24, 2.45) is 0 Å². The molecule has 27 heavy (non-hydrogen) atoms. The minimum Gasteiger partial charge on any atom is -0.391 e. The number of alkyl halides is 1. The van der Waals surface area contributed by atoms with Crippen molar-refractivity contribution in [1.29, 1.82) is 0 Å². The van der Waals surface area contributed by atoms with Crippen LogP contribution in [0.2, 0.25) is 0 Å². The van der Waals surface area contributed by atoms with E-state index in [9.17, 15) is 0 Å². The smallest absolute Gasteiger partial charge is 0.211 e. The van der Waals surface area contributed by atoms with E-state index in [-0.39, 0.29) is 19.0 Å². The fraction of sp³-hybridized carbons (Fsp3) is 0.429. The van der Waals surface area contributed by atoms with Crippen LogP contribution in [0.25, 0.3) is 0 Å². The van der Waals surface area contributed by atoms with E-state index in [0.29, 0.717) is 28.9 Å². The van der Waals surface area contributed by atoms with Crippen molar-refractivity contribution in [2.75, 3.05) is 11.5 Å². The molecular weight excluding hydrogens is 458 g/mol. The molecule has 0 saturated carbocycles. The van der Waals surface area contributed by atoms with E-state index in [1.54, 1.807) is 12.4 Å². The van der Waals surface area contributed by atoms with Crippen LogP contribution < -0.4 is 11.5 Å². The largest absolute Gasteiger partial charge is 0.391 e. The highest BCUT2D eigenvalue weighted by molar-refractivity contribution is 8.26. The highest BCUT2D eigenvalue weighted by Gasteiger charge is 2.01. The van der Waals surface area contributed by atoms with Crippen molar-refractivity contribution in [1.82, 2.24) is 19.9 Å². The summed E-state index contributed by atoms with van der Waals surface area (Å²) in [6.07, 6.45) is 4.79. The summed E-state index contributed by atoms with van der Waals surface area (Å²) >= 11 is 5.57. The van der Waals surface area contributed by atoms with E-state index in [4.69, 9.17) is 32.4 Å². The summed E-state index contributed by atoms with van der Waals surface area (Å²) in [5.41, 5.74) is 12.4. The zero-order chi connectivity index (χ0) is 20.1. The number of anilines is 2. The van der Waals surface area contributed by atoms with E-state index >= 15 is 0 Å². The second kappa shape index (κ2) is 16.0. The Morgan fingerprint density at radius 2 is 1.37 bits per heavy atom. The highest BCUT2D eigenvalue weighted by Crippen LogP contribution is 2.09. The number of rotatable bonds is 4. The summed E-state index contributed by atoms with van der Waals surface area (Å²) in [6, 6.07) is 0. The number of aromatic nitrogens is 4. The molecule has 0 amide bonds. The molecule has 2 heterocycles. The molecule has 154 valence electrons. The van der Waals surface area contributed by atoms with Gasteiger partial charge in [-0.3, -0.25) is 0 Å². The molecule has 2 rings (SSSR count). The molecule has 0 fully saturated rings. The van der Waals surface area contributed by atoms with Crippen molar-refractivity contribution < 1.29 is 9.32 Å². The van der Waals surface area contributed by atoms with Crippen molar-refractivity contribution in [3.8, 4) is 0 Å². The van der Waals surface area contributed by atoms with Gasteiger partial charge in [-0.15, -0.1) is 24.0 Å². The number of nitrogens with two attached hydrogens (primary N) is 2. The Morgan fingerprint density at radius 1 is 1.00 bits per heavy atom. The van der Waals surface area contributed by atoms with Crippen LogP contribution in [0.5, 0.6) is 0 Å². The summed E-state index contributed by atoms with van der Waals surface area (Å²) in [6.45, 7) is 3.83. The number of aryl methyl sites for hydroxylation is 2. The van der Waals surface area contributed by atoms with Crippen molar-refractivity contribution in [3.05, 3.63) is 35.2 Å². The summed E-state index contributed by atoms with van der Waals surface area (Å²) in [5.74, 6) is 2.71. The van der Waals surface area contributed by atoms with Crippen LogP contribution in [0.3, 0.4) is 0 Å². The summed E-state index contributed by atoms with van der Waals surface area (Å²) in [7, 11) is 7.36. The lowest BCUT2D eigenvalue weighted by Gasteiger charge is -2.01. The molecule has 2 aromatic heterocycles. The van der Waals surface area contributed by atoms with Gasteiger partial charge in [0.05, 0.1) is 12.5 Å². The average Bonchev–Trinajstić information content (AvgIpc) is 2.61. The van der Waals surface area contributed by atoms with Crippen molar-refractivity contribution in [3.63, 3.8) is 0 Å². The van der Waals surface area contributed by atoms with Gasteiger partial charge in [0.15, 0.2) is 0 Å². The van der Waals surface area contributed by atoms with E-state index in [0.717, 1.165) is 24.2 Å². The zero-order valence-electron chi connectivity index (χ0n) is 14.7. The molecule has 0 aliphatic carbocycles. The van der Waals surface area contributed by atoms with E-state index < -0.39 is 9.23 Å². The van der Waals surface area contributed by atoms with Gasteiger partial charge >= 0.3 is 0 Å². The molecule has 0 unspecified atom stereocenters. The van der Waals surface area contributed by atoms with E-state index in [2.05, 4.69) is 41.3 Å². The second-order valence-electron chi connectivity index (χ2n) is 4.58. The van der Waals surface area contributed by atoms with E-state index in [1.165, 1.54) is 0 Å². The maximum atomic E-state index is 9.09. The number of hydrogen-bond donors (Lipinski definition) is 3. The lowest BCUT2D eigenvalue weighted by atomic mass is 10.3. The third-order valence-electron chi connectivity index (χ3n) is 2.84. The van der Waals surface area contributed by atoms with Crippen LogP contribution in [-0.4, -0.2) is 29.3 Å². The number of halogens is 4. The molecule has 2 aromatic rings. The average molecular weight is 480 g/mol. The monoisotopic (exact) mass is 478 g/mol. The number of nitrogens with zero attached hydrogens (tertiary/aromatic N) is 4. The standard InChI is InChI=1S/C7H10ClN3.C7H11N3O.Cl2OS.ClH/c1-2-6-10-4-5(3-8)7(9)11-6;1-2-6-9-3-5(4-11)7(8)10-6;1-4(2)3;/h4H,2-3H2,1H3,(H2,9,10,11);3,11H,2,4H2,1H3,(H2,8,9,10);;1H. The normalized spacial score (nSPS) is 9.44. The minimum atomic E-state index is -1.67. The van der Waals surface area contributed by atoms with Crippen molar-refractivity contribution >= 4 is 66.2 Å². The lowest BCUT2D eigenvalue weighted by molar-refractivity contribution is 0.281. The molecule has 5 N–H and O–H groups in total. The van der Waals surface area contributed by atoms with Crippen LogP contribution >= 0.6 is 45.4 Å². The Kier molecular flexibility index (Phi) is 16.8. The Labute approximate surface area is 180 Å². The zero-order valence-corrected chi connectivity index (χ0v) is 18.6. The molecule has 0 atom stereocenters. The summed E-state index contributed by atoms with van der Waals surface area (Å²) < 4.78 is 9.09. The first-order chi connectivity index (χ1) is 12.3. The quantitative estimate of drug-likeness (QED) is 0.448.